The fourth-order valence-electron chi connectivity index (χ4n) is 0.771. The number of halogens is 1. The molecule has 0 saturated carbocycles. The summed E-state index contributed by atoms with van der Waals surface area (Å²) in [5.74, 6) is 0. The molecular formula is C6H5ClN4S2. The van der Waals surface area contributed by atoms with Gasteiger partial charge in [-0.2, -0.15) is 0 Å². The summed E-state index contributed by atoms with van der Waals surface area (Å²) in [6, 6.07) is 0. The molecule has 68 valence electrons. The van der Waals surface area contributed by atoms with Gasteiger partial charge in [-0.3, -0.25) is 0 Å². The number of hydrogen-bond donors (Lipinski definition) is 1. The van der Waals surface area contributed by atoms with Gasteiger partial charge in [-0.1, -0.05) is 22.9 Å². The van der Waals surface area contributed by atoms with Crippen LogP contribution < -0.4 is 5.32 Å². The van der Waals surface area contributed by atoms with Crippen molar-refractivity contribution in [1.82, 2.24) is 15.2 Å². The maximum atomic E-state index is 5.72. The second-order valence-corrected chi connectivity index (χ2v) is 4.74. The smallest absolute Gasteiger partial charge is 0.205 e. The predicted octanol–water partition coefficient (Wildman–Crippen LogP) is 2.26. The van der Waals surface area contributed by atoms with Crippen LogP contribution in [0.2, 0.25) is 4.34 Å². The van der Waals surface area contributed by atoms with Gasteiger partial charge < -0.3 is 5.32 Å². The van der Waals surface area contributed by atoms with Crippen molar-refractivity contribution in [3.63, 3.8) is 0 Å². The minimum atomic E-state index is 0.645. The molecule has 7 heteroatoms. The summed E-state index contributed by atoms with van der Waals surface area (Å²) in [5, 5.41) is 12.4. The number of anilines is 1. The van der Waals surface area contributed by atoms with E-state index in [0.29, 0.717) is 10.9 Å². The Morgan fingerprint density at radius 1 is 1.54 bits per heavy atom. The predicted molar refractivity (Wildman–Crippen MR) is 54.4 cm³/mol. The van der Waals surface area contributed by atoms with Crippen LogP contribution in [0, 0.1) is 0 Å². The SMILES string of the molecule is Clc1cnc(CNc2nncs2)s1. The maximum absolute atomic E-state index is 5.72. The van der Waals surface area contributed by atoms with Crippen LogP contribution in [-0.2, 0) is 6.54 Å². The van der Waals surface area contributed by atoms with Crippen molar-refractivity contribution in [1.29, 1.82) is 0 Å². The van der Waals surface area contributed by atoms with Gasteiger partial charge in [0, 0.05) is 0 Å². The standard InChI is InChI=1S/C6H5ClN4S2/c7-4-1-8-5(13-4)2-9-6-11-10-3-12-6/h1,3H,2H2,(H,9,11). The average Bonchev–Trinajstić information content (AvgIpc) is 2.71. The summed E-state index contributed by atoms with van der Waals surface area (Å²) >= 11 is 8.64. The molecule has 0 aromatic carbocycles. The zero-order valence-corrected chi connectivity index (χ0v) is 8.79. The number of hydrogen-bond acceptors (Lipinski definition) is 6. The second kappa shape index (κ2) is 3.99. The first-order chi connectivity index (χ1) is 6.34. The van der Waals surface area contributed by atoms with Crippen LogP contribution in [0.3, 0.4) is 0 Å². The highest BCUT2D eigenvalue weighted by Gasteiger charge is 2.00. The van der Waals surface area contributed by atoms with E-state index in [2.05, 4.69) is 20.5 Å². The molecule has 13 heavy (non-hydrogen) atoms. The fraction of sp³-hybridized carbons (Fsp3) is 0.167. The highest BCUT2D eigenvalue weighted by molar-refractivity contribution is 7.15. The van der Waals surface area contributed by atoms with Crippen LogP contribution in [0.4, 0.5) is 5.13 Å². The lowest BCUT2D eigenvalue weighted by atomic mass is 10.7. The van der Waals surface area contributed by atoms with E-state index in [0.717, 1.165) is 10.1 Å². The third-order valence-corrected chi connectivity index (χ3v) is 3.04. The first-order valence-corrected chi connectivity index (χ1v) is 5.52. The quantitative estimate of drug-likeness (QED) is 0.882. The normalized spacial score (nSPS) is 10.2. The highest BCUT2D eigenvalue weighted by Crippen LogP contribution is 2.19. The molecule has 0 amide bonds. The Hall–Kier alpha value is -0.720. The molecule has 0 spiro atoms. The lowest BCUT2D eigenvalue weighted by molar-refractivity contribution is 1.04. The molecule has 0 aliphatic heterocycles. The van der Waals surface area contributed by atoms with Crippen molar-refractivity contribution >= 4 is 39.4 Å². The van der Waals surface area contributed by atoms with Gasteiger partial charge in [0.25, 0.3) is 0 Å². The second-order valence-electron chi connectivity index (χ2n) is 2.16. The lowest BCUT2D eigenvalue weighted by Crippen LogP contribution is -1.97. The molecule has 2 aromatic rings. The molecule has 0 unspecified atom stereocenters. The Balaban J connectivity index is 1.93. The maximum Gasteiger partial charge on any atom is 0.205 e. The number of thiazole rings is 1. The van der Waals surface area contributed by atoms with Crippen molar-refractivity contribution < 1.29 is 0 Å². The highest BCUT2D eigenvalue weighted by atomic mass is 35.5. The van der Waals surface area contributed by atoms with E-state index in [1.165, 1.54) is 22.7 Å². The Morgan fingerprint density at radius 3 is 3.08 bits per heavy atom. The summed E-state index contributed by atoms with van der Waals surface area (Å²) < 4.78 is 0.703. The Bertz CT molecular complexity index is 372. The lowest BCUT2D eigenvalue weighted by Gasteiger charge is -1.95. The van der Waals surface area contributed by atoms with E-state index < -0.39 is 0 Å². The zero-order valence-electron chi connectivity index (χ0n) is 6.40. The molecule has 2 aromatic heterocycles. The molecule has 0 bridgehead atoms. The van der Waals surface area contributed by atoms with Gasteiger partial charge in [-0.05, 0) is 0 Å². The van der Waals surface area contributed by atoms with Gasteiger partial charge in [-0.15, -0.1) is 21.5 Å². The molecule has 2 heterocycles. The van der Waals surface area contributed by atoms with Gasteiger partial charge in [0.1, 0.15) is 14.9 Å². The van der Waals surface area contributed by atoms with Crippen LogP contribution in [0.5, 0.6) is 0 Å². The Kier molecular flexibility index (Phi) is 2.72. The molecule has 0 fully saturated rings. The van der Waals surface area contributed by atoms with E-state index in [1.807, 2.05) is 0 Å². The van der Waals surface area contributed by atoms with E-state index in [1.54, 1.807) is 11.7 Å². The molecule has 0 atom stereocenters. The summed E-state index contributed by atoms with van der Waals surface area (Å²) in [5.41, 5.74) is 1.68. The van der Waals surface area contributed by atoms with Gasteiger partial charge in [0.05, 0.1) is 12.7 Å². The van der Waals surface area contributed by atoms with E-state index in [-0.39, 0.29) is 0 Å². The molecule has 4 nitrogen and oxygen atoms in total. The molecular weight excluding hydrogens is 228 g/mol. The average molecular weight is 233 g/mol. The van der Waals surface area contributed by atoms with Crippen molar-refractivity contribution in [2.75, 3.05) is 5.32 Å². The summed E-state index contributed by atoms with van der Waals surface area (Å²) in [6.45, 7) is 0.645. The van der Waals surface area contributed by atoms with Gasteiger partial charge in [-0.25, -0.2) is 4.98 Å². The summed E-state index contributed by atoms with van der Waals surface area (Å²) in [6.07, 6.45) is 1.64. The number of rotatable bonds is 3. The monoisotopic (exact) mass is 232 g/mol. The molecule has 0 radical (unpaired) electrons. The molecule has 0 saturated heterocycles. The van der Waals surface area contributed by atoms with E-state index in [4.69, 9.17) is 11.6 Å². The first kappa shape index (κ1) is 8.86. The topological polar surface area (TPSA) is 50.7 Å². The number of nitrogens with one attached hydrogen (secondary N) is 1. The minimum absolute atomic E-state index is 0.645. The molecule has 2 rings (SSSR count). The third-order valence-electron chi connectivity index (χ3n) is 1.28. The largest absolute Gasteiger partial charge is 0.354 e. The van der Waals surface area contributed by atoms with Crippen molar-refractivity contribution in [2.45, 2.75) is 6.54 Å². The van der Waals surface area contributed by atoms with Crippen molar-refractivity contribution in [3.05, 3.63) is 21.1 Å². The van der Waals surface area contributed by atoms with Gasteiger partial charge >= 0.3 is 0 Å². The summed E-state index contributed by atoms with van der Waals surface area (Å²) in [4.78, 5) is 4.10. The fourth-order valence-corrected chi connectivity index (χ4v) is 2.11. The van der Waals surface area contributed by atoms with Crippen LogP contribution in [0.25, 0.3) is 0 Å². The van der Waals surface area contributed by atoms with Gasteiger partial charge in [0.15, 0.2) is 0 Å². The zero-order chi connectivity index (χ0) is 9.10. The summed E-state index contributed by atoms with van der Waals surface area (Å²) in [7, 11) is 0. The number of nitrogens with zero attached hydrogens (tertiary/aromatic N) is 3. The van der Waals surface area contributed by atoms with Crippen LogP contribution in [-0.4, -0.2) is 15.2 Å². The van der Waals surface area contributed by atoms with Crippen molar-refractivity contribution in [3.8, 4) is 0 Å². The molecule has 1 N–H and O–H groups in total. The molecule has 0 aliphatic rings. The van der Waals surface area contributed by atoms with Gasteiger partial charge in [0.2, 0.25) is 5.13 Å². The van der Waals surface area contributed by atoms with Crippen LogP contribution in [0.1, 0.15) is 5.01 Å². The van der Waals surface area contributed by atoms with Crippen LogP contribution in [0.15, 0.2) is 11.7 Å². The first-order valence-electron chi connectivity index (χ1n) is 3.45. The van der Waals surface area contributed by atoms with Crippen LogP contribution >= 0.6 is 34.3 Å². The minimum Gasteiger partial charge on any atom is -0.354 e. The Morgan fingerprint density at radius 2 is 2.46 bits per heavy atom. The van der Waals surface area contributed by atoms with E-state index >= 15 is 0 Å². The molecule has 0 aliphatic carbocycles. The third kappa shape index (κ3) is 2.36. The Labute approximate surface area is 87.6 Å². The van der Waals surface area contributed by atoms with E-state index in [9.17, 15) is 0 Å². The number of aromatic nitrogens is 3. The van der Waals surface area contributed by atoms with Crippen molar-refractivity contribution in [2.24, 2.45) is 0 Å².